The van der Waals surface area contributed by atoms with Crippen molar-refractivity contribution in [3.63, 3.8) is 0 Å². The summed E-state index contributed by atoms with van der Waals surface area (Å²) in [5.41, 5.74) is 0. The van der Waals surface area contributed by atoms with Crippen molar-refractivity contribution < 1.29 is 56.8 Å². The van der Waals surface area contributed by atoms with Crippen LogP contribution < -0.4 is 0 Å². The van der Waals surface area contributed by atoms with E-state index < -0.39 is 71.2 Å². The largest absolute Gasteiger partial charge is 0.462 e. The maximum Gasteiger partial charge on any atom is 0.306 e. The highest BCUT2D eigenvalue weighted by atomic mass is 32.2. The fourth-order valence-corrected chi connectivity index (χ4v) is 7.01. The van der Waals surface area contributed by atoms with Gasteiger partial charge in [-0.2, -0.15) is 8.42 Å². The molecule has 0 aliphatic carbocycles. The lowest BCUT2D eigenvalue weighted by molar-refractivity contribution is -0.297. The van der Waals surface area contributed by atoms with E-state index in [0.29, 0.717) is 12.8 Å². The molecule has 312 valence electrons. The molecule has 53 heavy (non-hydrogen) atoms. The van der Waals surface area contributed by atoms with E-state index in [1.165, 1.54) is 96.3 Å². The Kier molecular flexibility index (Phi) is 29.4. The highest BCUT2D eigenvalue weighted by Gasteiger charge is 2.46. The SMILES string of the molecule is CCCCCCCCCCC/C=C/CCCCC(=O)O[C@H](COC(=O)CCCCCCCCCCCC)CO[C@H]1O[C@H](CS(=O)(=O)O)[C@@H](O)C(O)C1O. The summed E-state index contributed by atoms with van der Waals surface area (Å²) in [5, 5.41) is 30.8. The summed E-state index contributed by atoms with van der Waals surface area (Å²) in [6, 6.07) is 0. The first-order chi connectivity index (χ1) is 25.5. The summed E-state index contributed by atoms with van der Waals surface area (Å²) in [5.74, 6) is -2.00. The van der Waals surface area contributed by atoms with Crippen LogP contribution in [-0.2, 0) is 38.7 Å². The second-order valence-corrected chi connectivity index (χ2v) is 16.2. The van der Waals surface area contributed by atoms with Gasteiger partial charge in [0.2, 0.25) is 0 Å². The van der Waals surface area contributed by atoms with Gasteiger partial charge >= 0.3 is 11.9 Å². The van der Waals surface area contributed by atoms with Gasteiger partial charge in [-0.25, -0.2) is 0 Å². The molecule has 0 aromatic rings. The molecule has 4 N–H and O–H groups in total. The van der Waals surface area contributed by atoms with Crippen LogP contribution in [-0.4, -0.2) is 96.0 Å². The fourth-order valence-electron chi connectivity index (χ4n) is 6.32. The highest BCUT2D eigenvalue weighted by molar-refractivity contribution is 7.85. The van der Waals surface area contributed by atoms with Gasteiger partial charge < -0.3 is 34.3 Å². The van der Waals surface area contributed by atoms with E-state index in [1.807, 2.05) is 0 Å². The van der Waals surface area contributed by atoms with E-state index in [4.69, 9.17) is 18.9 Å². The number of hydrogen-bond acceptors (Lipinski definition) is 11. The first kappa shape index (κ1) is 49.4. The van der Waals surface area contributed by atoms with Gasteiger partial charge in [-0.15, -0.1) is 0 Å². The lowest BCUT2D eigenvalue weighted by atomic mass is 10.00. The van der Waals surface area contributed by atoms with Gasteiger partial charge in [-0.05, 0) is 38.5 Å². The van der Waals surface area contributed by atoms with E-state index in [9.17, 15) is 37.9 Å². The van der Waals surface area contributed by atoms with Crippen LogP contribution in [0.25, 0.3) is 0 Å². The van der Waals surface area contributed by atoms with Crippen LogP contribution in [0, 0.1) is 0 Å². The minimum Gasteiger partial charge on any atom is -0.462 e. The van der Waals surface area contributed by atoms with Crippen molar-refractivity contribution in [3.8, 4) is 0 Å². The van der Waals surface area contributed by atoms with Crippen molar-refractivity contribution in [3.05, 3.63) is 12.2 Å². The Bertz CT molecular complexity index is 1050. The number of ether oxygens (including phenoxy) is 4. The van der Waals surface area contributed by atoms with Crippen LogP contribution in [0.15, 0.2) is 12.2 Å². The summed E-state index contributed by atoms with van der Waals surface area (Å²) in [4.78, 5) is 25.2. The minimum atomic E-state index is -4.60. The molecule has 2 unspecified atom stereocenters. The first-order valence-corrected chi connectivity index (χ1v) is 22.4. The quantitative estimate of drug-likeness (QED) is 0.0219. The number of carbonyl (C=O) groups excluding carboxylic acids is 2. The lowest BCUT2D eigenvalue weighted by Crippen LogP contribution is -2.60. The van der Waals surface area contributed by atoms with Gasteiger partial charge in [-0.1, -0.05) is 135 Å². The smallest absolute Gasteiger partial charge is 0.306 e. The van der Waals surface area contributed by atoms with Gasteiger partial charge in [0, 0.05) is 12.8 Å². The molecule has 0 radical (unpaired) electrons. The zero-order chi connectivity index (χ0) is 39.2. The fraction of sp³-hybridized carbons (Fsp3) is 0.900. The van der Waals surface area contributed by atoms with Crippen molar-refractivity contribution in [1.82, 2.24) is 0 Å². The first-order valence-electron chi connectivity index (χ1n) is 20.7. The van der Waals surface area contributed by atoms with Crippen LogP contribution in [0.5, 0.6) is 0 Å². The normalized spacial score (nSPS) is 21.2. The van der Waals surface area contributed by atoms with Gasteiger partial charge in [0.1, 0.15) is 36.8 Å². The molecule has 13 heteroatoms. The number of aliphatic hydroxyl groups is 3. The van der Waals surface area contributed by atoms with E-state index in [1.54, 1.807) is 0 Å². The van der Waals surface area contributed by atoms with Crippen LogP contribution in [0.1, 0.15) is 174 Å². The molecule has 0 aromatic heterocycles. The Morgan fingerprint density at radius 3 is 1.60 bits per heavy atom. The number of allylic oxidation sites excluding steroid dienone is 2. The molecule has 1 aliphatic rings. The number of aliphatic hydroxyl groups excluding tert-OH is 3. The van der Waals surface area contributed by atoms with Gasteiger partial charge in [-0.3, -0.25) is 14.1 Å². The predicted molar refractivity (Wildman–Crippen MR) is 206 cm³/mol. The predicted octanol–water partition coefficient (Wildman–Crippen LogP) is 7.50. The second kappa shape index (κ2) is 31.6. The molecule has 1 heterocycles. The third-order valence-corrected chi connectivity index (χ3v) is 10.3. The summed E-state index contributed by atoms with van der Waals surface area (Å²) in [6.45, 7) is 3.71. The number of rotatable bonds is 34. The standard InChI is InChI=1S/C40H74O12S/c1-3-5-7-9-11-13-15-16-17-18-19-21-23-25-27-29-36(42)51-33(30-49-35(41)28-26-24-22-20-14-12-10-8-6-4-2)31-50-40-39(45)38(44)37(43)34(52-40)32-53(46,47)48/h19,21,33-34,37-40,43-45H,3-18,20,22-32H2,1-2H3,(H,46,47,48)/b21-19+/t33-,34-,37-,38?,39?,40+/m1/s1. The van der Waals surface area contributed by atoms with Gasteiger partial charge in [0.05, 0.1) is 6.61 Å². The molecule has 0 aromatic carbocycles. The Labute approximate surface area is 320 Å². The van der Waals surface area contributed by atoms with Crippen molar-refractivity contribution in [2.24, 2.45) is 0 Å². The van der Waals surface area contributed by atoms with E-state index in [0.717, 1.165) is 38.5 Å². The summed E-state index contributed by atoms with van der Waals surface area (Å²) < 4.78 is 53.8. The number of unbranched alkanes of at least 4 members (excludes halogenated alkanes) is 20. The molecule has 12 nitrogen and oxygen atoms in total. The molecule has 1 saturated heterocycles. The van der Waals surface area contributed by atoms with Crippen molar-refractivity contribution in [2.45, 2.75) is 211 Å². The van der Waals surface area contributed by atoms with Gasteiger partial charge in [0.15, 0.2) is 12.4 Å². The van der Waals surface area contributed by atoms with Crippen LogP contribution >= 0.6 is 0 Å². The molecule has 0 saturated carbocycles. The zero-order valence-electron chi connectivity index (χ0n) is 32.9. The molecule has 1 aliphatic heterocycles. The Morgan fingerprint density at radius 1 is 0.623 bits per heavy atom. The summed E-state index contributed by atoms with van der Waals surface area (Å²) in [7, 11) is -4.60. The summed E-state index contributed by atoms with van der Waals surface area (Å²) >= 11 is 0. The van der Waals surface area contributed by atoms with E-state index in [-0.39, 0.29) is 19.4 Å². The monoisotopic (exact) mass is 778 g/mol. The van der Waals surface area contributed by atoms with Gasteiger partial charge in [0.25, 0.3) is 10.1 Å². The van der Waals surface area contributed by atoms with Crippen LogP contribution in [0.3, 0.4) is 0 Å². The molecule has 0 amide bonds. The van der Waals surface area contributed by atoms with Crippen LogP contribution in [0.4, 0.5) is 0 Å². The molecule has 1 fully saturated rings. The Balaban J connectivity index is 2.50. The second-order valence-electron chi connectivity index (χ2n) is 14.7. The van der Waals surface area contributed by atoms with E-state index in [2.05, 4.69) is 26.0 Å². The maximum absolute atomic E-state index is 12.7. The Hall–Kier alpha value is -1.61. The highest BCUT2D eigenvalue weighted by Crippen LogP contribution is 2.24. The average Bonchev–Trinajstić information content (AvgIpc) is 3.12. The van der Waals surface area contributed by atoms with Crippen molar-refractivity contribution in [2.75, 3.05) is 19.0 Å². The molecule has 6 atom stereocenters. The topological polar surface area (TPSA) is 186 Å². The maximum atomic E-state index is 12.7. The van der Waals surface area contributed by atoms with Crippen molar-refractivity contribution >= 4 is 22.1 Å². The molecule has 0 spiro atoms. The summed E-state index contributed by atoms with van der Waals surface area (Å²) in [6.07, 6.45) is 21.3. The van der Waals surface area contributed by atoms with Crippen LogP contribution in [0.2, 0.25) is 0 Å². The minimum absolute atomic E-state index is 0.138. The number of esters is 2. The molecular weight excluding hydrogens is 704 g/mol. The zero-order valence-corrected chi connectivity index (χ0v) is 33.7. The third-order valence-electron chi connectivity index (χ3n) is 9.60. The average molecular weight is 779 g/mol. The number of hydrogen-bond donors (Lipinski definition) is 4. The lowest BCUT2D eigenvalue weighted by Gasteiger charge is -2.40. The Morgan fingerprint density at radius 2 is 1.08 bits per heavy atom. The molecular formula is C40H74O12S. The van der Waals surface area contributed by atoms with E-state index >= 15 is 0 Å². The number of carbonyl (C=O) groups is 2. The molecule has 1 rings (SSSR count). The molecule has 0 bridgehead atoms. The van der Waals surface area contributed by atoms with Crippen molar-refractivity contribution in [1.29, 1.82) is 0 Å². The third kappa shape index (κ3) is 26.8.